The Bertz CT molecular complexity index is 832. The van der Waals surface area contributed by atoms with Crippen LogP contribution in [0, 0.1) is 5.41 Å². The second-order valence-electron chi connectivity index (χ2n) is 7.14. The second kappa shape index (κ2) is 7.50. The van der Waals surface area contributed by atoms with E-state index in [0.717, 1.165) is 17.5 Å². The third kappa shape index (κ3) is 3.75. The first kappa shape index (κ1) is 18.5. The maximum atomic E-state index is 13.0. The Morgan fingerprint density at radius 1 is 1.08 bits per heavy atom. The molecule has 0 aromatic heterocycles. The van der Waals surface area contributed by atoms with E-state index in [1.807, 2.05) is 36.4 Å². The molecule has 1 heterocycles. The molecule has 3 rings (SSSR count). The van der Waals surface area contributed by atoms with Gasteiger partial charge in [-0.1, -0.05) is 54.1 Å². The molecule has 1 aliphatic rings. The first-order valence-corrected chi connectivity index (χ1v) is 9.15. The molecule has 0 saturated carbocycles. The van der Waals surface area contributed by atoms with Gasteiger partial charge in [-0.2, -0.15) is 0 Å². The van der Waals surface area contributed by atoms with E-state index in [0.29, 0.717) is 24.7 Å². The van der Waals surface area contributed by atoms with Crippen LogP contribution in [0.3, 0.4) is 0 Å². The zero-order valence-corrected chi connectivity index (χ0v) is 15.8. The maximum absolute atomic E-state index is 13.0. The summed E-state index contributed by atoms with van der Waals surface area (Å²) in [5, 5.41) is 3.45. The first-order chi connectivity index (χ1) is 12.4. The minimum Gasteiger partial charge on any atom is -0.351 e. The Labute approximate surface area is 159 Å². The van der Waals surface area contributed by atoms with Gasteiger partial charge in [-0.3, -0.25) is 9.59 Å². The molecule has 0 radical (unpaired) electrons. The lowest BCUT2D eigenvalue weighted by atomic mass is 9.88. The van der Waals surface area contributed by atoms with E-state index >= 15 is 0 Å². The van der Waals surface area contributed by atoms with Gasteiger partial charge in [0.15, 0.2) is 0 Å². The molecule has 0 aliphatic carbocycles. The fourth-order valence-electron chi connectivity index (χ4n) is 3.20. The first-order valence-electron chi connectivity index (χ1n) is 8.77. The predicted molar refractivity (Wildman–Crippen MR) is 103 cm³/mol. The number of fused-ring (bicyclic) bond motifs is 1. The third-order valence-corrected chi connectivity index (χ3v) is 5.29. The van der Waals surface area contributed by atoms with Gasteiger partial charge < -0.3 is 10.2 Å². The average molecular weight is 371 g/mol. The monoisotopic (exact) mass is 370 g/mol. The van der Waals surface area contributed by atoms with Crippen molar-refractivity contribution in [3.63, 3.8) is 0 Å². The van der Waals surface area contributed by atoms with Crippen molar-refractivity contribution in [3.8, 4) is 0 Å². The largest absolute Gasteiger partial charge is 0.351 e. The zero-order chi connectivity index (χ0) is 18.7. The summed E-state index contributed by atoms with van der Waals surface area (Å²) in [7, 11) is 0. The molecule has 0 fully saturated rings. The van der Waals surface area contributed by atoms with Crippen molar-refractivity contribution in [2.45, 2.75) is 33.4 Å². The standard InChI is InChI=1S/C21H23ClN2O2/c1-21(2,19(25)23-13-16-8-5-6-10-18(16)22)20(26)24-12-11-15-7-3-4-9-17(15)14-24/h3-10H,11-14H2,1-2H3,(H,23,25). The summed E-state index contributed by atoms with van der Waals surface area (Å²) in [6, 6.07) is 15.5. The lowest BCUT2D eigenvalue weighted by Gasteiger charge is -2.34. The summed E-state index contributed by atoms with van der Waals surface area (Å²) in [6.07, 6.45) is 0.819. The molecule has 2 aromatic rings. The molecule has 0 atom stereocenters. The summed E-state index contributed by atoms with van der Waals surface area (Å²) in [6.45, 7) is 4.85. The van der Waals surface area contributed by atoms with E-state index in [9.17, 15) is 9.59 Å². The molecule has 0 bridgehead atoms. The molecule has 1 aliphatic heterocycles. The Balaban J connectivity index is 1.66. The zero-order valence-electron chi connectivity index (χ0n) is 15.1. The van der Waals surface area contributed by atoms with Crippen LogP contribution in [0.1, 0.15) is 30.5 Å². The van der Waals surface area contributed by atoms with Crippen molar-refractivity contribution in [1.29, 1.82) is 0 Å². The number of hydrogen-bond acceptors (Lipinski definition) is 2. The van der Waals surface area contributed by atoms with Crippen molar-refractivity contribution in [2.75, 3.05) is 6.54 Å². The third-order valence-electron chi connectivity index (χ3n) is 4.92. The number of halogens is 1. The molecule has 5 heteroatoms. The fourth-order valence-corrected chi connectivity index (χ4v) is 3.40. The van der Waals surface area contributed by atoms with Crippen LogP contribution in [-0.4, -0.2) is 23.3 Å². The molecule has 4 nitrogen and oxygen atoms in total. The SMILES string of the molecule is CC(C)(C(=O)NCc1ccccc1Cl)C(=O)N1CCc2ccccc2C1. The van der Waals surface area contributed by atoms with E-state index in [-0.39, 0.29) is 11.8 Å². The number of nitrogens with zero attached hydrogens (tertiary/aromatic N) is 1. The number of hydrogen-bond donors (Lipinski definition) is 1. The van der Waals surface area contributed by atoms with Crippen molar-refractivity contribution in [3.05, 3.63) is 70.2 Å². The van der Waals surface area contributed by atoms with Crippen LogP contribution in [0.25, 0.3) is 0 Å². The lowest BCUT2D eigenvalue weighted by molar-refractivity contribution is -0.149. The highest BCUT2D eigenvalue weighted by molar-refractivity contribution is 6.31. The van der Waals surface area contributed by atoms with Crippen LogP contribution in [0.5, 0.6) is 0 Å². The Kier molecular flexibility index (Phi) is 5.33. The van der Waals surface area contributed by atoms with Gasteiger partial charge >= 0.3 is 0 Å². The highest BCUT2D eigenvalue weighted by Gasteiger charge is 2.39. The van der Waals surface area contributed by atoms with Crippen LogP contribution in [0.2, 0.25) is 5.02 Å². The highest BCUT2D eigenvalue weighted by Crippen LogP contribution is 2.25. The van der Waals surface area contributed by atoms with Gasteiger partial charge in [0.2, 0.25) is 11.8 Å². The van der Waals surface area contributed by atoms with Crippen molar-refractivity contribution >= 4 is 23.4 Å². The van der Waals surface area contributed by atoms with Gasteiger partial charge in [0.1, 0.15) is 5.41 Å². The molecule has 0 saturated heterocycles. The van der Waals surface area contributed by atoms with Crippen LogP contribution in [0.15, 0.2) is 48.5 Å². The summed E-state index contributed by atoms with van der Waals surface area (Å²) >= 11 is 6.13. The van der Waals surface area contributed by atoms with E-state index in [1.54, 1.807) is 24.8 Å². The highest BCUT2D eigenvalue weighted by atomic mass is 35.5. The number of carbonyl (C=O) groups excluding carboxylic acids is 2. The van der Waals surface area contributed by atoms with Crippen molar-refractivity contribution < 1.29 is 9.59 Å². The van der Waals surface area contributed by atoms with E-state index in [4.69, 9.17) is 11.6 Å². The van der Waals surface area contributed by atoms with Crippen LogP contribution < -0.4 is 5.32 Å². The molecule has 2 aromatic carbocycles. The van der Waals surface area contributed by atoms with Crippen LogP contribution in [-0.2, 0) is 29.1 Å². The van der Waals surface area contributed by atoms with Gasteiger partial charge in [0, 0.05) is 24.7 Å². The summed E-state index contributed by atoms with van der Waals surface area (Å²) < 4.78 is 0. The normalized spacial score (nSPS) is 13.9. The molecule has 1 N–H and O–H groups in total. The van der Waals surface area contributed by atoms with Gasteiger partial charge in [0.25, 0.3) is 0 Å². The molecule has 136 valence electrons. The summed E-state index contributed by atoms with van der Waals surface area (Å²) in [5.74, 6) is -0.440. The molecule has 0 unspecified atom stereocenters. The van der Waals surface area contributed by atoms with Crippen LogP contribution in [0.4, 0.5) is 0 Å². The number of amides is 2. The van der Waals surface area contributed by atoms with Gasteiger partial charge in [-0.25, -0.2) is 0 Å². The van der Waals surface area contributed by atoms with Gasteiger partial charge in [-0.05, 0) is 43.0 Å². The number of rotatable bonds is 4. The van der Waals surface area contributed by atoms with Gasteiger partial charge in [-0.15, -0.1) is 0 Å². The number of nitrogens with one attached hydrogen (secondary N) is 1. The van der Waals surface area contributed by atoms with Crippen LogP contribution >= 0.6 is 11.6 Å². The second-order valence-corrected chi connectivity index (χ2v) is 7.55. The topological polar surface area (TPSA) is 49.4 Å². The summed E-state index contributed by atoms with van der Waals surface area (Å²) in [4.78, 5) is 27.4. The van der Waals surface area contributed by atoms with Crippen molar-refractivity contribution in [1.82, 2.24) is 10.2 Å². The fraction of sp³-hybridized carbons (Fsp3) is 0.333. The molecule has 2 amide bonds. The number of carbonyl (C=O) groups is 2. The smallest absolute Gasteiger partial charge is 0.238 e. The Morgan fingerprint density at radius 3 is 2.46 bits per heavy atom. The lowest BCUT2D eigenvalue weighted by Crippen LogP contribution is -2.50. The molecular formula is C21H23ClN2O2. The Morgan fingerprint density at radius 2 is 1.73 bits per heavy atom. The van der Waals surface area contributed by atoms with E-state index in [2.05, 4.69) is 11.4 Å². The maximum Gasteiger partial charge on any atom is 0.238 e. The van der Waals surface area contributed by atoms with E-state index in [1.165, 1.54) is 5.56 Å². The molecule has 0 spiro atoms. The average Bonchev–Trinajstić information content (AvgIpc) is 2.66. The Hall–Kier alpha value is -2.33. The minimum absolute atomic E-state index is 0.149. The minimum atomic E-state index is -1.13. The molecule has 26 heavy (non-hydrogen) atoms. The van der Waals surface area contributed by atoms with E-state index < -0.39 is 5.41 Å². The number of benzene rings is 2. The summed E-state index contributed by atoms with van der Waals surface area (Å²) in [5.41, 5.74) is 2.13. The van der Waals surface area contributed by atoms with Crippen molar-refractivity contribution in [2.24, 2.45) is 5.41 Å². The van der Waals surface area contributed by atoms with Gasteiger partial charge in [0.05, 0.1) is 0 Å². The quantitative estimate of drug-likeness (QED) is 0.836. The predicted octanol–water partition coefficient (Wildman–Crippen LogP) is 3.57. The molecular weight excluding hydrogens is 348 g/mol.